The van der Waals surface area contributed by atoms with Gasteiger partial charge in [0.2, 0.25) is 5.43 Å². The van der Waals surface area contributed by atoms with Crippen molar-refractivity contribution in [1.82, 2.24) is 4.57 Å². The molecule has 0 aliphatic heterocycles. The average molecular weight is 445 g/mol. The molecule has 0 radical (unpaired) electrons. The van der Waals surface area contributed by atoms with Crippen LogP contribution < -0.4 is 10.2 Å². The van der Waals surface area contributed by atoms with Gasteiger partial charge in [0, 0.05) is 23.2 Å². The quantitative estimate of drug-likeness (QED) is 0.548. The second-order valence-electron chi connectivity index (χ2n) is 7.96. The molecule has 1 atom stereocenters. The smallest absolute Gasteiger partial charge is 0.341 e. The minimum absolute atomic E-state index is 0.0262. The maximum absolute atomic E-state index is 14.0. The van der Waals surface area contributed by atoms with E-state index < -0.39 is 34.6 Å². The predicted octanol–water partition coefficient (Wildman–Crippen LogP) is 3.96. The molecule has 170 valence electrons. The summed E-state index contributed by atoms with van der Waals surface area (Å²) >= 11 is 0. The molecule has 3 aromatic rings. The Morgan fingerprint density at radius 3 is 2.34 bits per heavy atom. The summed E-state index contributed by atoms with van der Waals surface area (Å²) in [6.07, 6.45) is 1.43. The van der Waals surface area contributed by atoms with Gasteiger partial charge in [0.1, 0.15) is 22.9 Å². The van der Waals surface area contributed by atoms with E-state index in [9.17, 15) is 28.6 Å². The number of methoxy groups -OCH3 is 1. The van der Waals surface area contributed by atoms with Gasteiger partial charge in [-0.2, -0.15) is 0 Å². The van der Waals surface area contributed by atoms with E-state index in [1.807, 2.05) is 13.8 Å². The third-order valence-electron chi connectivity index (χ3n) is 5.68. The normalized spacial score (nSPS) is 12.3. The summed E-state index contributed by atoms with van der Waals surface area (Å²) in [7, 11) is 1.44. The highest BCUT2D eigenvalue weighted by Crippen LogP contribution is 2.30. The van der Waals surface area contributed by atoms with Crippen molar-refractivity contribution in [3.05, 3.63) is 75.1 Å². The van der Waals surface area contributed by atoms with Crippen LogP contribution in [0.5, 0.6) is 5.75 Å². The Hall–Kier alpha value is -3.26. The highest BCUT2D eigenvalue weighted by atomic mass is 19.1. The molecule has 0 amide bonds. The van der Waals surface area contributed by atoms with Crippen molar-refractivity contribution in [1.29, 1.82) is 0 Å². The number of pyridine rings is 1. The van der Waals surface area contributed by atoms with E-state index in [0.717, 1.165) is 0 Å². The summed E-state index contributed by atoms with van der Waals surface area (Å²) in [5, 5.41) is 19.6. The zero-order valence-corrected chi connectivity index (χ0v) is 18.1. The fourth-order valence-electron chi connectivity index (χ4n) is 3.88. The van der Waals surface area contributed by atoms with Crippen LogP contribution in [0, 0.1) is 17.6 Å². The lowest BCUT2D eigenvalue weighted by molar-refractivity contribution is 0.0694. The van der Waals surface area contributed by atoms with E-state index in [4.69, 9.17) is 4.74 Å². The molecule has 0 fully saturated rings. The molecule has 0 saturated carbocycles. The minimum Gasteiger partial charge on any atom is -0.496 e. The zero-order chi connectivity index (χ0) is 23.6. The SMILES string of the molecule is COc1cc2c(cc1CCc1c(F)cccc1F)c(=O)c(C(=O)O)cn2[C@H](CO)C(C)C. The van der Waals surface area contributed by atoms with E-state index in [0.29, 0.717) is 16.8 Å². The molecule has 2 aromatic carbocycles. The number of rotatable bonds is 8. The molecule has 0 unspecified atom stereocenters. The third-order valence-corrected chi connectivity index (χ3v) is 5.68. The first kappa shape index (κ1) is 23.4. The number of carboxylic acid groups (broad SMARTS) is 1. The van der Waals surface area contributed by atoms with Crippen LogP contribution in [0.3, 0.4) is 0 Å². The van der Waals surface area contributed by atoms with Crippen molar-refractivity contribution in [2.45, 2.75) is 32.7 Å². The molecule has 8 heteroatoms. The van der Waals surface area contributed by atoms with E-state index in [1.165, 1.54) is 37.6 Å². The van der Waals surface area contributed by atoms with Crippen molar-refractivity contribution in [3.63, 3.8) is 0 Å². The maximum atomic E-state index is 14.0. The summed E-state index contributed by atoms with van der Waals surface area (Å²) in [6.45, 7) is 3.49. The van der Waals surface area contributed by atoms with Gasteiger partial charge in [-0.25, -0.2) is 13.6 Å². The Labute approximate surface area is 183 Å². The van der Waals surface area contributed by atoms with E-state index >= 15 is 0 Å². The van der Waals surface area contributed by atoms with Gasteiger partial charge in [-0.1, -0.05) is 19.9 Å². The molecule has 0 spiro atoms. The first-order valence-corrected chi connectivity index (χ1v) is 10.2. The van der Waals surface area contributed by atoms with Gasteiger partial charge in [0.05, 0.1) is 25.3 Å². The Balaban J connectivity index is 2.21. The molecule has 6 nitrogen and oxygen atoms in total. The number of fused-ring (bicyclic) bond motifs is 1. The number of halogens is 2. The number of aliphatic hydroxyl groups excluding tert-OH is 1. The number of benzene rings is 2. The fraction of sp³-hybridized carbons (Fsp3) is 0.333. The number of ether oxygens (including phenoxy) is 1. The maximum Gasteiger partial charge on any atom is 0.341 e. The van der Waals surface area contributed by atoms with E-state index in [1.54, 1.807) is 10.6 Å². The van der Waals surface area contributed by atoms with Crippen LogP contribution in [0.15, 0.2) is 41.3 Å². The number of aromatic nitrogens is 1. The summed E-state index contributed by atoms with van der Waals surface area (Å²) in [6, 6.07) is 6.27. The molecular weight excluding hydrogens is 420 g/mol. The van der Waals surface area contributed by atoms with Gasteiger partial charge in [-0.05, 0) is 42.5 Å². The zero-order valence-electron chi connectivity index (χ0n) is 18.1. The van der Waals surface area contributed by atoms with Crippen LogP contribution in [0.1, 0.15) is 41.4 Å². The van der Waals surface area contributed by atoms with Crippen LogP contribution in [0.4, 0.5) is 8.78 Å². The van der Waals surface area contributed by atoms with E-state index in [-0.39, 0.29) is 36.3 Å². The largest absolute Gasteiger partial charge is 0.496 e. The van der Waals surface area contributed by atoms with Gasteiger partial charge in [0.15, 0.2) is 0 Å². The Morgan fingerprint density at radius 1 is 1.16 bits per heavy atom. The average Bonchev–Trinajstić information content (AvgIpc) is 2.74. The predicted molar refractivity (Wildman–Crippen MR) is 116 cm³/mol. The van der Waals surface area contributed by atoms with Gasteiger partial charge >= 0.3 is 5.97 Å². The topological polar surface area (TPSA) is 88.8 Å². The second kappa shape index (κ2) is 9.48. The lowest BCUT2D eigenvalue weighted by atomic mass is 9.98. The van der Waals surface area contributed by atoms with Gasteiger partial charge in [-0.3, -0.25) is 4.79 Å². The van der Waals surface area contributed by atoms with Crippen molar-refractivity contribution in [2.75, 3.05) is 13.7 Å². The lowest BCUT2D eigenvalue weighted by Crippen LogP contribution is -2.25. The minimum atomic E-state index is -1.38. The highest BCUT2D eigenvalue weighted by molar-refractivity contribution is 5.93. The number of hydrogen-bond donors (Lipinski definition) is 2. The summed E-state index contributed by atoms with van der Waals surface area (Å²) < 4.78 is 35.1. The molecule has 32 heavy (non-hydrogen) atoms. The summed E-state index contributed by atoms with van der Waals surface area (Å²) in [5.74, 6) is -2.36. The number of hydrogen-bond acceptors (Lipinski definition) is 4. The molecule has 0 bridgehead atoms. The molecule has 0 aliphatic rings. The number of carboxylic acids is 1. The number of aliphatic hydroxyl groups is 1. The molecule has 2 N–H and O–H groups in total. The fourth-order valence-corrected chi connectivity index (χ4v) is 3.88. The molecule has 3 rings (SSSR count). The number of nitrogens with zero attached hydrogens (tertiary/aromatic N) is 1. The lowest BCUT2D eigenvalue weighted by Gasteiger charge is -2.25. The number of aryl methyl sites for hydroxylation is 1. The Bertz CT molecular complexity index is 1200. The Kier molecular flexibility index (Phi) is 6.93. The first-order valence-electron chi connectivity index (χ1n) is 10.2. The Morgan fingerprint density at radius 2 is 1.81 bits per heavy atom. The molecule has 0 aliphatic carbocycles. The summed E-state index contributed by atoms with van der Waals surface area (Å²) in [5.41, 5.74) is -0.256. The molecular formula is C24H25F2NO5. The van der Waals surface area contributed by atoms with E-state index in [2.05, 4.69) is 0 Å². The van der Waals surface area contributed by atoms with Crippen molar-refractivity contribution in [2.24, 2.45) is 5.92 Å². The van der Waals surface area contributed by atoms with Crippen LogP contribution in [-0.4, -0.2) is 34.5 Å². The van der Waals surface area contributed by atoms with Crippen LogP contribution in [0.2, 0.25) is 0 Å². The molecule has 0 saturated heterocycles. The first-order chi connectivity index (χ1) is 15.2. The van der Waals surface area contributed by atoms with Crippen molar-refractivity contribution >= 4 is 16.9 Å². The van der Waals surface area contributed by atoms with Gasteiger partial charge in [0.25, 0.3) is 0 Å². The number of aromatic carboxylic acids is 1. The third kappa shape index (κ3) is 4.36. The monoisotopic (exact) mass is 445 g/mol. The highest BCUT2D eigenvalue weighted by Gasteiger charge is 2.23. The molecule has 1 heterocycles. The van der Waals surface area contributed by atoms with Crippen LogP contribution in [-0.2, 0) is 12.8 Å². The number of carbonyl (C=O) groups is 1. The summed E-state index contributed by atoms with van der Waals surface area (Å²) in [4.78, 5) is 24.6. The van der Waals surface area contributed by atoms with Crippen LogP contribution in [0.25, 0.3) is 10.9 Å². The van der Waals surface area contributed by atoms with Gasteiger partial charge in [-0.15, -0.1) is 0 Å². The second-order valence-corrected chi connectivity index (χ2v) is 7.96. The van der Waals surface area contributed by atoms with Crippen molar-refractivity contribution in [3.8, 4) is 5.75 Å². The van der Waals surface area contributed by atoms with Crippen molar-refractivity contribution < 1.29 is 28.5 Å². The van der Waals surface area contributed by atoms with Crippen LogP contribution >= 0.6 is 0 Å². The van der Waals surface area contributed by atoms with Gasteiger partial charge < -0.3 is 19.5 Å². The standard InChI is InChI=1S/C24H25F2NO5/c1-13(2)21(12-28)27-11-17(24(30)31)23(29)16-9-14(22(32-3)10-20(16)27)7-8-15-18(25)5-4-6-19(15)26/h4-6,9-11,13,21,28H,7-8,12H2,1-3H3,(H,30,31)/t21-/m1/s1. The molecule has 1 aromatic heterocycles.